The lowest BCUT2D eigenvalue weighted by atomic mass is 9.95. The molecule has 2 atom stereocenters. The Bertz CT molecular complexity index is 1420. The van der Waals surface area contributed by atoms with E-state index < -0.39 is 30.1 Å². The fourth-order valence-corrected chi connectivity index (χ4v) is 4.58. The molecule has 0 bridgehead atoms. The third-order valence-electron chi connectivity index (χ3n) is 5.95. The number of aliphatic hydroxyl groups excluding tert-OH is 1. The molecule has 0 fully saturated rings. The largest absolute Gasteiger partial charge is 0.435 e. The minimum Gasteiger partial charge on any atom is -0.435 e. The topological polar surface area (TPSA) is 92.8 Å². The van der Waals surface area contributed by atoms with Crippen molar-refractivity contribution in [3.63, 3.8) is 0 Å². The van der Waals surface area contributed by atoms with Crippen LogP contribution in [0.4, 0.5) is 13.2 Å². The Morgan fingerprint density at radius 3 is 2.57 bits per heavy atom. The van der Waals surface area contributed by atoms with Crippen LogP contribution in [-0.4, -0.2) is 36.2 Å². The predicted octanol–water partition coefficient (Wildman–Crippen LogP) is 4.98. The van der Waals surface area contributed by atoms with Gasteiger partial charge < -0.3 is 19.4 Å². The summed E-state index contributed by atoms with van der Waals surface area (Å²) in [6.45, 7) is 0.0310. The fourth-order valence-electron chi connectivity index (χ4n) is 4.40. The maximum absolute atomic E-state index is 15.0. The standard InChI is InChI=1S/C24H20ClF3N4O3/c1-24(2,34)22-29-8-11(9-30-22)15-10-32-19(7-16(15)26)31-20-17(33)6-14(21(20)32)13-5-12(25)3-4-18(13)35-23(27)28/h3-5,7-10,14,17,23,33-34H,6H2,1-2H3. The van der Waals surface area contributed by atoms with Gasteiger partial charge in [0.25, 0.3) is 0 Å². The summed E-state index contributed by atoms with van der Waals surface area (Å²) in [5.74, 6) is -1.06. The first-order valence-electron chi connectivity index (χ1n) is 10.7. The van der Waals surface area contributed by atoms with Gasteiger partial charge in [-0.15, -0.1) is 0 Å². The van der Waals surface area contributed by atoms with Gasteiger partial charge in [-0.05, 0) is 38.5 Å². The van der Waals surface area contributed by atoms with Crippen LogP contribution in [0.2, 0.25) is 5.02 Å². The molecule has 1 aliphatic carbocycles. The van der Waals surface area contributed by atoms with Crippen LogP contribution in [0.1, 0.15) is 55.1 Å². The molecule has 5 rings (SSSR count). The van der Waals surface area contributed by atoms with E-state index in [-0.39, 0.29) is 29.2 Å². The Labute approximate surface area is 202 Å². The number of benzene rings is 1. The van der Waals surface area contributed by atoms with E-state index in [9.17, 15) is 19.0 Å². The van der Waals surface area contributed by atoms with Gasteiger partial charge in [0.15, 0.2) is 5.82 Å². The summed E-state index contributed by atoms with van der Waals surface area (Å²) in [6.07, 6.45) is 3.48. The van der Waals surface area contributed by atoms with Gasteiger partial charge in [0.1, 0.15) is 22.8 Å². The van der Waals surface area contributed by atoms with E-state index >= 15 is 4.39 Å². The molecule has 7 nitrogen and oxygen atoms in total. The lowest BCUT2D eigenvalue weighted by molar-refractivity contribution is -0.0506. The van der Waals surface area contributed by atoms with Gasteiger partial charge in [0.05, 0.1) is 17.5 Å². The number of rotatable bonds is 5. The number of halogens is 4. The quantitative estimate of drug-likeness (QED) is 0.398. The van der Waals surface area contributed by atoms with Crippen molar-refractivity contribution in [1.29, 1.82) is 0 Å². The van der Waals surface area contributed by atoms with Crippen LogP contribution < -0.4 is 4.74 Å². The lowest BCUT2D eigenvalue weighted by Gasteiger charge is -2.18. The van der Waals surface area contributed by atoms with Gasteiger partial charge in [-0.1, -0.05) is 11.6 Å². The van der Waals surface area contributed by atoms with E-state index in [1.165, 1.54) is 56.7 Å². The van der Waals surface area contributed by atoms with Gasteiger partial charge in [-0.2, -0.15) is 8.78 Å². The molecule has 4 aromatic rings. The maximum Gasteiger partial charge on any atom is 0.387 e. The third kappa shape index (κ3) is 4.22. The number of aliphatic hydroxyl groups is 2. The Kier molecular flexibility index (Phi) is 5.70. The monoisotopic (exact) mass is 504 g/mol. The maximum atomic E-state index is 15.0. The molecule has 2 unspecified atom stereocenters. The molecule has 0 aliphatic heterocycles. The summed E-state index contributed by atoms with van der Waals surface area (Å²) in [5, 5.41) is 21.1. The average Bonchev–Trinajstić information content (AvgIpc) is 3.30. The first-order chi connectivity index (χ1) is 16.5. The third-order valence-corrected chi connectivity index (χ3v) is 6.19. The van der Waals surface area contributed by atoms with Crippen LogP contribution in [0.15, 0.2) is 42.9 Å². The Morgan fingerprint density at radius 1 is 1.20 bits per heavy atom. The molecule has 182 valence electrons. The normalized spacial score (nSPS) is 17.9. The number of alkyl halides is 2. The second kappa shape index (κ2) is 8.47. The predicted molar refractivity (Wildman–Crippen MR) is 121 cm³/mol. The van der Waals surface area contributed by atoms with E-state index in [0.717, 1.165) is 0 Å². The average molecular weight is 505 g/mol. The minimum absolute atomic E-state index is 0.0673. The highest BCUT2D eigenvalue weighted by molar-refractivity contribution is 6.30. The molecule has 2 N–H and O–H groups in total. The van der Waals surface area contributed by atoms with Crippen LogP contribution in [0, 0.1) is 5.82 Å². The number of imidazole rings is 1. The molecule has 3 heterocycles. The van der Waals surface area contributed by atoms with Gasteiger partial charge in [0, 0.05) is 52.3 Å². The number of pyridine rings is 1. The number of hydrogen-bond donors (Lipinski definition) is 2. The summed E-state index contributed by atoms with van der Waals surface area (Å²) in [4.78, 5) is 12.7. The molecular weight excluding hydrogens is 485 g/mol. The first-order valence-corrected chi connectivity index (χ1v) is 11.1. The zero-order chi connectivity index (χ0) is 25.1. The molecule has 0 saturated heterocycles. The summed E-state index contributed by atoms with van der Waals surface area (Å²) in [7, 11) is 0. The van der Waals surface area contributed by atoms with Crippen molar-refractivity contribution in [1.82, 2.24) is 19.4 Å². The summed E-state index contributed by atoms with van der Waals surface area (Å²) in [6, 6.07) is 5.52. The molecular formula is C24H20ClF3N4O3. The van der Waals surface area contributed by atoms with Crippen molar-refractivity contribution in [3.8, 4) is 16.9 Å². The summed E-state index contributed by atoms with van der Waals surface area (Å²) in [5.41, 5.74) is 0.709. The highest BCUT2D eigenvalue weighted by atomic mass is 35.5. The van der Waals surface area contributed by atoms with Crippen LogP contribution in [0.25, 0.3) is 16.8 Å². The molecule has 0 radical (unpaired) electrons. The fraction of sp³-hybridized carbons (Fsp3) is 0.292. The molecule has 1 aromatic carbocycles. The zero-order valence-corrected chi connectivity index (χ0v) is 19.3. The van der Waals surface area contributed by atoms with E-state index in [0.29, 0.717) is 27.5 Å². The molecule has 1 aliphatic rings. The molecule has 35 heavy (non-hydrogen) atoms. The SMILES string of the molecule is CC(C)(O)c1ncc(-c2cn3c4c(nc3cc2F)C(O)CC4c2cc(Cl)ccc2OC(F)F)cn1. The zero-order valence-electron chi connectivity index (χ0n) is 18.6. The van der Waals surface area contributed by atoms with Gasteiger partial charge >= 0.3 is 6.61 Å². The summed E-state index contributed by atoms with van der Waals surface area (Å²) < 4.78 is 47.5. The molecule has 11 heteroatoms. The van der Waals surface area contributed by atoms with Crippen molar-refractivity contribution in [2.75, 3.05) is 0 Å². The molecule has 3 aromatic heterocycles. The van der Waals surface area contributed by atoms with E-state index in [4.69, 9.17) is 16.3 Å². The number of ether oxygens (including phenoxy) is 1. The second-order valence-corrected chi connectivity index (χ2v) is 9.30. The van der Waals surface area contributed by atoms with Crippen molar-refractivity contribution in [2.45, 2.75) is 44.5 Å². The molecule has 0 spiro atoms. The second-order valence-electron chi connectivity index (χ2n) is 8.86. The Morgan fingerprint density at radius 2 is 1.91 bits per heavy atom. The molecule has 0 saturated carbocycles. The van der Waals surface area contributed by atoms with Gasteiger partial charge in [0.2, 0.25) is 0 Å². The lowest BCUT2D eigenvalue weighted by Crippen LogP contribution is -2.19. The van der Waals surface area contributed by atoms with Crippen LogP contribution in [0.3, 0.4) is 0 Å². The van der Waals surface area contributed by atoms with E-state index in [1.807, 2.05) is 0 Å². The van der Waals surface area contributed by atoms with Crippen LogP contribution in [-0.2, 0) is 5.60 Å². The first kappa shape index (κ1) is 23.5. The van der Waals surface area contributed by atoms with Crippen molar-refractivity contribution in [3.05, 3.63) is 76.5 Å². The van der Waals surface area contributed by atoms with E-state index in [1.54, 1.807) is 4.40 Å². The van der Waals surface area contributed by atoms with Crippen molar-refractivity contribution >= 4 is 17.2 Å². The number of nitrogens with zero attached hydrogens (tertiary/aromatic N) is 4. The smallest absolute Gasteiger partial charge is 0.387 e. The number of hydrogen-bond acceptors (Lipinski definition) is 6. The number of aromatic nitrogens is 4. The highest BCUT2D eigenvalue weighted by Crippen LogP contribution is 2.47. The Balaban J connectivity index is 1.65. The van der Waals surface area contributed by atoms with Gasteiger partial charge in [-0.25, -0.2) is 19.3 Å². The van der Waals surface area contributed by atoms with E-state index in [2.05, 4.69) is 15.0 Å². The molecule has 0 amide bonds. The summed E-state index contributed by atoms with van der Waals surface area (Å²) >= 11 is 6.15. The van der Waals surface area contributed by atoms with Crippen LogP contribution >= 0.6 is 11.6 Å². The minimum atomic E-state index is -3.05. The Hall–Kier alpha value is -3.21. The van der Waals surface area contributed by atoms with Gasteiger partial charge in [-0.3, -0.25) is 0 Å². The van der Waals surface area contributed by atoms with Crippen LogP contribution in [0.5, 0.6) is 5.75 Å². The van der Waals surface area contributed by atoms with Crippen molar-refractivity contribution in [2.24, 2.45) is 0 Å². The number of fused-ring (bicyclic) bond motifs is 3. The highest BCUT2D eigenvalue weighted by Gasteiger charge is 2.38. The van der Waals surface area contributed by atoms with Crippen molar-refractivity contribution < 1.29 is 28.1 Å².